The fraction of sp³-hybridized carbons (Fsp3) is 0.579. The lowest BCUT2D eigenvalue weighted by molar-refractivity contribution is -0.269. The van der Waals surface area contributed by atoms with Crippen molar-refractivity contribution in [1.29, 1.82) is 0 Å². The van der Waals surface area contributed by atoms with Crippen LogP contribution in [0.5, 0.6) is 11.5 Å². The minimum absolute atomic E-state index is 0.0425. The van der Waals surface area contributed by atoms with Crippen LogP contribution in [-0.4, -0.2) is 92.9 Å². The summed E-state index contributed by atoms with van der Waals surface area (Å²) in [6.45, 7) is 12.5. The highest BCUT2D eigenvalue weighted by Gasteiger charge is 2.55. The number of phenols is 2. The van der Waals surface area contributed by atoms with Crippen molar-refractivity contribution in [2.75, 3.05) is 19.7 Å². The predicted octanol–water partition coefficient (Wildman–Crippen LogP) is 5.01. The second kappa shape index (κ2) is 17.6. The van der Waals surface area contributed by atoms with Crippen molar-refractivity contribution in [3.8, 4) is 11.5 Å². The number of carbonyl (C=O) groups excluding carboxylic acids is 4. The molecule has 0 aliphatic carbocycles. The van der Waals surface area contributed by atoms with Gasteiger partial charge in [0.05, 0.1) is 13.2 Å². The van der Waals surface area contributed by atoms with Crippen molar-refractivity contribution >= 4 is 23.8 Å². The third kappa shape index (κ3) is 10.1. The lowest BCUT2D eigenvalue weighted by atomic mass is 9.94. The van der Waals surface area contributed by atoms with E-state index in [0.29, 0.717) is 36.4 Å². The van der Waals surface area contributed by atoms with E-state index in [1.165, 1.54) is 34.1 Å². The van der Waals surface area contributed by atoms with Crippen LogP contribution in [0.25, 0.3) is 0 Å². The number of amides is 4. The molecular formula is C38H54N4O8. The molecule has 2 aromatic carbocycles. The average Bonchev–Trinajstić information content (AvgIpc) is 3.05. The molecule has 4 rings (SSSR count). The molecule has 2 fully saturated rings. The molecule has 50 heavy (non-hydrogen) atoms. The molecule has 3 N–H and O–H groups in total. The normalized spacial score (nSPS) is 20.0. The van der Waals surface area contributed by atoms with Gasteiger partial charge in [0.15, 0.2) is 12.3 Å². The summed E-state index contributed by atoms with van der Waals surface area (Å²) in [4.78, 5) is 65.8. The summed E-state index contributed by atoms with van der Waals surface area (Å²) >= 11 is 0. The van der Waals surface area contributed by atoms with Crippen molar-refractivity contribution in [1.82, 2.24) is 20.2 Å². The highest BCUT2D eigenvalue weighted by atomic mass is 16.7. The number of ether oxygens (including phenoxy) is 1. The third-order valence-electron chi connectivity index (χ3n) is 9.08. The molecule has 12 nitrogen and oxygen atoms in total. The maximum atomic E-state index is 14.7. The van der Waals surface area contributed by atoms with E-state index in [1.54, 1.807) is 24.3 Å². The van der Waals surface area contributed by atoms with Crippen LogP contribution in [0.1, 0.15) is 78.4 Å². The molecule has 4 atom stereocenters. The Balaban J connectivity index is 1.77. The summed E-state index contributed by atoms with van der Waals surface area (Å²) < 4.78 is 5.65. The van der Waals surface area contributed by atoms with Crippen LogP contribution in [0.4, 0.5) is 4.79 Å². The maximum Gasteiger partial charge on any atom is 0.436 e. The quantitative estimate of drug-likeness (QED) is 0.220. The van der Waals surface area contributed by atoms with Gasteiger partial charge in [-0.2, -0.15) is 5.06 Å². The zero-order chi connectivity index (χ0) is 36.5. The monoisotopic (exact) mass is 694 g/mol. The molecule has 12 heteroatoms. The first kappa shape index (κ1) is 38.5. The van der Waals surface area contributed by atoms with Gasteiger partial charge >= 0.3 is 6.09 Å². The van der Waals surface area contributed by atoms with Gasteiger partial charge in [0, 0.05) is 19.4 Å². The largest absolute Gasteiger partial charge is 0.508 e. The average molecular weight is 695 g/mol. The number of benzene rings is 2. The Morgan fingerprint density at radius 1 is 0.860 bits per heavy atom. The molecule has 0 aromatic heterocycles. The first-order valence-corrected chi connectivity index (χ1v) is 17.8. The summed E-state index contributed by atoms with van der Waals surface area (Å²) in [5.74, 6) is -0.302. The highest BCUT2D eigenvalue weighted by Crippen LogP contribution is 2.33. The molecule has 0 radical (unpaired) electrons. The molecule has 1 unspecified atom stereocenters. The summed E-state index contributed by atoms with van der Waals surface area (Å²) in [5.41, 5.74) is 1.40. The van der Waals surface area contributed by atoms with Crippen LogP contribution in [0.15, 0.2) is 48.5 Å². The van der Waals surface area contributed by atoms with Gasteiger partial charge in [0.1, 0.15) is 23.6 Å². The molecule has 2 saturated heterocycles. The van der Waals surface area contributed by atoms with E-state index in [2.05, 4.69) is 19.2 Å². The minimum Gasteiger partial charge on any atom is -0.508 e. The van der Waals surface area contributed by atoms with E-state index >= 15 is 0 Å². The Morgan fingerprint density at radius 3 is 2.04 bits per heavy atom. The Morgan fingerprint density at radius 2 is 1.46 bits per heavy atom. The Labute approximate surface area is 295 Å². The molecule has 2 aliphatic rings. The lowest BCUT2D eigenvalue weighted by Gasteiger charge is -2.53. The van der Waals surface area contributed by atoms with E-state index < -0.39 is 42.3 Å². The van der Waals surface area contributed by atoms with E-state index in [4.69, 9.17) is 9.57 Å². The second-order valence-corrected chi connectivity index (χ2v) is 14.7. The number of hydroxylamine groups is 2. The van der Waals surface area contributed by atoms with Crippen molar-refractivity contribution in [3.05, 3.63) is 59.7 Å². The number of phenolic OH excluding ortho intramolecular Hbond substituents is 2. The zero-order valence-corrected chi connectivity index (χ0v) is 30.2. The number of nitrogens with zero attached hydrogens (tertiary/aromatic N) is 3. The predicted molar refractivity (Wildman–Crippen MR) is 188 cm³/mol. The number of hydrogen-bond acceptors (Lipinski definition) is 8. The summed E-state index contributed by atoms with van der Waals surface area (Å²) in [6.07, 6.45) is -0.0504. The van der Waals surface area contributed by atoms with Crippen molar-refractivity contribution in [2.24, 2.45) is 17.8 Å². The topological polar surface area (TPSA) is 149 Å². The molecular weight excluding hydrogens is 640 g/mol. The fourth-order valence-corrected chi connectivity index (χ4v) is 6.32. The van der Waals surface area contributed by atoms with Gasteiger partial charge in [-0.15, -0.1) is 0 Å². The van der Waals surface area contributed by atoms with E-state index in [9.17, 15) is 29.4 Å². The molecule has 2 aromatic rings. The Hall–Kier alpha value is -4.32. The Bertz CT molecular complexity index is 1450. The van der Waals surface area contributed by atoms with Crippen molar-refractivity contribution < 1.29 is 39.0 Å². The third-order valence-corrected chi connectivity index (χ3v) is 9.08. The van der Waals surface area contributed by atoms with Gasteiger partial charge in [-0.05, 0) is 78.8 Å². The minimum atomic E-state index is -1.09. The number of fused-ring (bicyclic) bond motifs is 1. The lowest BCUT2D eigenvalue weighted by Crippen LogP contribution is -2.75. The van der Waals surface area contributed by atoms with Crippen LogP contribution in [0, 0.1) is 17.8 Å². The number of carbonyl (C=O) groups is 4. The number of nitrogens with one attached hydrogen (secondary N) is 1. The van der Waals surface area contributed by atoms with Crippen molar-refractivity contribution in [3.63, 3.8) is 0 Å². The molecule has 0 spiro atoms. The summed E-state index contributed by atoms with van der Waals surface area (Å²) in [6, 6.07) is 10.7. The zero-order valence-electron chi connectivity index (χ0n) is 30.2. The highest BCUT2D eigenvalue weighted by molar-refractivity contribution is 5.95. The maximum absolute atomic E-state index is 14.7. The van der Waals surface area contributed by atoms with Gasteiger partial charge in [-0.1, -0.05) is 65.8 Å². The first-order valence-electron chi connectivity index (χ1n) is 17.8. The van der Waals surface area contributed by atoms with E-state index in [1.807, 2.05) is 27.7 Å². The SMILES string of the molecule is CC(C)CCCNC(=O)[C@H](Cc1ccc(O)cc1)N1CC2N(C(=O)OCCC(C)C)O[C@H](CC(C)C)C(=O)N2[C@@H](Cc2ccc(O)cc2)C1=O. The van der Waals surface area contributed by atoms with Crippen LogP contribution in [0.3, 0.4) is 0 Å². The van der Waals surface area contributed by atoms with Crippen LogP contribution >= 0.6 is 0 Å². The van der Waals surface area contributed by atoms with E-state index in [0.717, 1.165) is 17.9 Å². The van der Waals surface area contributed by atoms with Crippen molar-refractivity contribution in [2.45, 2.75) is 104 Å². The number of rotatable bonds is 15. The van der Waals surface area contributed by atoms with Gasteiger partial charge in [-0.25, -0.2) is 4.79 Å². The second-order valence-electron chi connectivity index (χ2n) is 14.7. The smallest absolute Gasteiger partial charge is 0.436 e. The molecule has 0 bridgehead atoms. The summed E-state index contributed by atoms with van der Waals surface area (Å²) in [5, 5.41) is 23.9. The van der Waals surface area contributed by atoms with Gasteiger partial charge in [0.2, 0.25) is 11.8 Å². The van der Waals surface area contributed by atoms with Gasteiger partial charge in [-0.3, -0.25) is 19.2 Å². The molecule has 274 valence electrons. The van der Waals surface area contributed by atoms with Crippen LogP contribution < -0.4 is 5.32 Å². The first-order chi connectivity index (χ1) is 23.7. The summed E-state index contributed by atoms with van der Waals surface area (Å²) in [7, 11) is 0. The Kier molecular flexibility index (Phi) is 13.5. The van der Waals surface area contributed by atoms with Gasteiger partial charge in [0.25, 0.3) is 5.91 Å². The number of piperazine rings is 1. The standard InChI is InChI=1S/C38H54N4O8/c1-24(2)8-7-18-39-35(45)31(21-27-9-13-29(43)14-10-27)40-23-34-41(32(36(40)46)22-28-11-15-30(44)16-12-28)37(47)33(20-26(5)6)50-42(34)38(48)49-19-17-25(3)4/h9-16,24-26,31-34,43-44H,7-8,17-23H2,1-6H3,(H,39,45)/t31-,32-,33+,34?/m0/s1. The van der Waals surface area contributed by atoms with Crippen LogP contribution in [0.2, 0.25) is 0 Å². The molecule has 0 saturated carbocycles. The van der Waals surface area contributed by atoms with Gasteiger partial charge < -0.3 is 30.1 Å². The number of aromatic hydroxyl groups is 2. The number of hydrogen-bond donors (Lipinski definition) is 3. The van der Waals surface area contributed by atoms with Crippen LogP contribution in [-0.2, 0) is 36.8 Å². The molecule has 2 heterocycles. The molecule has 4 amide bonds. The fourth-order valence-electron chi connectivity index (χ4n) is 6.32. The van der Waals surface area contributed by atoms with E-state index in [-0.39, 0.29) is 55.2 Å². The molecule has 2 aliphatic heterocycles.